The quantitative estimate of drug-likeness (QED) is 0.640. The largest absolute Gasteiger partial charge is 0.481 e. The molecule has 0 fully saturated rings. The zero-order valence-corrected chi connectivity index (χ0v) is 12.8. The van der Waals surface area contributed by atoms with Crippen molar-refractivity contribution in [1.82, 2.24) is 15.5 Å². The van der Waals surface area contributed by atoms with Gasteiger partial charge in [0.2, 0.25) is 5.91 Å². The lowest BCUT2D eigenvalue weighted by Crippen LogP contribution is -2.50. The Labute approximate surface area is 119 Å². The fourth-order valence-corrected chi connectivity index (χ4v) is 1.49. The Hall–Kier alpha value is -1.79. The maximum absolute atomic E-state index is 12.0. The van der Waals surface area contributed by atoms with Crippen molar-refractivity contribution in [1.29, 1.82) is 0 Å². The number of carboxylic acids is 1. The molecule has 0 aromatic carbocycles. The molecule has 0 radical (unpaired) electrons. The van der Waals surface area contributed by atoms with Crippen LogP contribution in [-0.2, 0) is 9.59 Å². The zero-order valence-electron chi connectivity index (χ0n) is 12.8. The van der Waals surface area contributed by atoms with Gasteiger partial charge in [0.05, 0.1) is 5.92 Å². The first-order chi connectivity index (χ1) is 9.18. The third kappa shape index (κ3) is 6.40. The number of carbonyl (C=O) groups is 3. The van der Waals surface area contributed by atoms with Gasteiger partial charge >= 0.3 is 12.0 Å². The highest BCUT2D eigenvalue weighted by Gasteiger charge is 2.23. The van der Waals surface area contributed by atoms with Gasteiger partial charge in [0.15, 0.2) is 0 Å². The Kier molecular flexibility index (Phi) is 7.64. The van der Waals surface area contributed by atoms with Crippen LogP contribution in [0.15, 0.2) is 0 Å². The van der Waals surface area contributed by atoms with E-state index in [1.165, 1.54) is 11.8 Å². The molecule has 0 saturated heterocycles. The van der Waals surface area contributed by atoms with Gasteiger partial charge in [0.1, 0.15) is 6.54 Å². The van der Waals surface area contributed by atoms with Crippen molar-refractivity contribution in [3.8, 4) is 0 Å². The standard InChI is InChI=1S/C13H25N3O4/c1-6-16(7-11(17)14-8(2)3)13(20)15-10(5)9(4)12(18)19/h8-10H,6-7H2,1-5H3,(H,14,17)(H,15,20)(H,18,19). The van der Waals surface area contributed by atoms with Crippen molar-refractivity contribution >= 4 is 17.9 Å². The topological polar surface area (TPSA) is 98.7 Å². The van der Waals surface area contributed by atoms with E-state index in [0.717, 1.165) is 0 Å². The summed E-state index contributed by atoms with van der Waals surface area (Å²) in [6.07, 6.45) is 0. The van der Waals surface area contributed by atoms with Crippen LogP contribution in [0.1, 0.15) is 34.6 Å². The first kappa shape index (κ1) is 18.2. The van der Waals surface area contributed by atoms with Gasteiger partial charge in [-0.25, -0.2) is 4.79 Å². The summed E-state index contributed by atoms with van der Waals surface area (Å²) in [6, 6.07) is -0.940. The van der Waals surface area contributed by atoms with E-state index in [-0.39, 0.29) is 18.5 Å². The van der Waals surface area contributed by atoms with Crippen LogP contribution in [0.25, 0.3) is 0 Å². The van der Waals surface area contributed by atoms with Crippen LogP contribution in [0, 0.1) is 5.92 Å². The third-order valence-corrected chi connectivity index (χ3v) is 2.94. The number of hydrogen-bond donors (Lipinski definition) is 3. The summed E-state index contributed by atoms with van der Waals surface area (Å²) in [5, 5.41) is 14.2. The molecular formula is C13H25N3O4. The minimum Gasteiger partial charge on any atom is -0.481 e. The van der Waals surface area contributed by atoms with Crippen LogP contribution in [0.4, 0.5) is 4.79 Å². The van der Waals surface area contributed by atoms with Gasteiger partial charge < -0.3 is 20.6 Å². The molecule has 0 aliphatic rings. The van der Waals surface area contributed by atoms with E-state index >= 15 is 0 Å². The molecule has 0 aromatic rings. The van der Waals surface area contributed by atoms with Crippen molar-refractivity contribution < 1.29 is 19.5 Å². The molecule has 0 spiro atoms. The van der Waals surface area contributed by atoms with Crippen LogP contribution >= 0.6 is 0 Å². The molecule has 0 rings (SSSR count). The highest BCUT2D eigenvalue weighted by molar-refractivity contribution is 5.84. The molecule has 0 aliphatic carbocycles. The number of rotatable bonds is 7. The van der Waals surface area contributed by atoms with E-state index in [4.69, 9.17) is 5.11 Å². The minimum atomic E-state index is -0.974. The van der Waals surface area contributed by atoms with Crippen molar-refractivity contribution in [3.05, 3.63) is 0 Å². The summed E-state index contributed by atoms with van der Waals surface area (Å²) in [5.41, 5.74) is 0. The van der Waals surface area contributed by atoms with Gasteiger partial charge in [-0.1, -0.05) is 0 Å². The Morgan fingerprint density at radius 3 is 2.05 bits per heavy atom. The molecule has 2 unspecified atom stereocenters. The average Bonchev–Trinajstić information content (AvgIpc) is 2.33. The molecule has 0 heterocycles. The van der Waals surface area contributed by atoms with E-state index < -0.39 is 24.0 Å². The molecule has 20 heavy (non-hydrogen) atoms. The maximum atomic E-state index is 12.0. The lowest BCUT2D eigenvalue weighted by molar-refractivity contribution is -0.141. The van der Waals surface area contributed by atoms with Gasteiger partial charge in [-0.15, -0.1) is 0 Å². The number of likely N-dealkylation sites (N-methyl/N-ethyl adjacent to an activating group) is 1. The number of urea groups is 1. The van der Waals surface area contributed by atoms with Crippen molar-refractivity contribution in [2.75, 3.05) is 13.1 Å². The molecule has 7 heteroatoms. The van der Waals surface area contributed by atoms with Gasteiger partial charge in [-0.2, -0.15) is 0 Å². The Morgan fingerprint density at radius 1 is 1.10 bits per heavy atom. The lowest BCUT2D eigenvalue weighted by atomic mass is 10.0. The average molecular weight is 287 g/mol. The number of nitrogens with one attached hydrogen (secondary N) is 2. The van der Waals surface area contributed by atoms with Gasteiger partial charge in [-0.05, 0) is 34.6 Å². The SMILES string of the molecule is CCN(CC(=O)NC(C)C)C(=O)NC(C)C(C)C(=O)O. The molecule has 3 amide bonds. The summed E-state index contributed by atoms with van der Waals surface area (Å²) >= 11 is 0. The molecule has 0 aromatic heterocycles. The second kappa shape index (κ2) is 8.39. The zero-order chi connectivity index (χ0) is 15.9. The first-order valence-corrected chi connectivity index (χ1v) is 6.76. The molecule has 0 bridgehead atoms. The van der Waals surface area contributed by atoms with Crippen LogP contribution in [0.2, 0.25) is 0 Å². The Bertz CT molecular complexity index is 358. The molecule has 0 aliphatic heterocycles. The van der Waals surface area contributed by atoms with E-state index in [9.17, 15) is 14.4 Å². The van der Waals surface area contributed by atoms with Crippen LogP contribution in [0.3, 0.4) is 0 Å². The molecule has 0 saturated carbocycles. The first-order valence-electron chi connectivity index (χ1n) is 6.76. The second-order valence-electron chi connectivity index (χ2n) is 5.10. The summed E-state index contributed by atoms with van der Waals surface area (Å²) in [5.74, 6) is -1.91. The minimum absolute atomic E-state index is 0.00947. The van der Waals surface area contributed by atoms with Crippen LogP contribution in [-0.4, -0.2) is 53.1 Å². The van der Waals surface area contributed by atoms with Crippen molar-refractivity contribution in [2.45, 2.75) is 46.7 Å². The number of amides is 3. The molecule has 2 atom stereocenters. The molecule has 7 nitrogen and oxygen atoms in total. The van der Waals surface area contributed by atoms with E-state index in [2.05, 4.69) is 10.6 Å². The molecular weight excluding hydrogens is 262 g/mol. The van der Waals surface area contributed by atoms with Gasteiger partial charge in [0.25, 0.3) is 0 Å². The highest BCUT2D eigenvalue weighted by Crippen LogP contribution is 2.03. The summed E-state index contributed by atoms with van der Waals surface area (Å²) < 4.78 is 0. The number of carboxylic acid groups (broad SMARTS) is 1. The van der Waals surface area contributed by atoms with E-state index in [0.29, 0.717) is 6.54 Å². The van der Waals surface area contributed by atoms with E-state index in [1.54, 1.807) is 13.8 Å². The smallest absolute Gasteiger partial charge is 0.318 e. The highest BCUT2D eigenvalue weighted by atomic mass is 16.4. The van der Waals surface area contributed by atoms with Crippen LogP contribution < -0.4 is 10.6 Å². The number of carbonyl (C=O) groups excluding carboxylic acids is 2. The third-order valence-electron chi connectivity index (χ3n) is 2.94. The van der Waals surface area contributed by atoms with Gasteiger partial charge in [-0.3, -0.25) is 9.59 Å². The van der Waals surface area contributed by atoms with Crippen molar-refractivity contribution in [3.63, 3.8) is 0 Å². The Morgan fingerprint density at radius 2 is 1.65 bits per heavy atom. The Balaban J connectivity index is 4.48. The summed E-state index contributed by atoms with van der Waals surface area (Å²) in [4.78, 5) is 35.8. The number of hydrogen-bond acceptors (Lipinski definition) is 3. The second-order valence-corrected chi connectivity index (χ2v) is 5.10. The summed E-state index contributed by atoms with van der Waals surface area (Å²) in [7, 11) is 0. The number of nitrogens with zero attached hydrogens (tertiary/aromatic N) is 1. The molecule has 3 N–H and O–H groups in total. The van der Waals surface area contributed by atoms with Crippen LogP contribution in [0.5, 0.6) is 0 Å². The fraction of sp³-hybridized carbons (Fsp3) is 0.769. The van der Waals surface area contributed by atoms with E-state index in [1.807, 2.05) is 13.8 Å². The predicted molar refractivity (Wildman–Crippen MR) is 75.3 cm³/mol. The maximum Gasteiger partial charge on any atom is 0.318 e. The predicted octanol–water partition coefficient (Wildman–Crippen LogP) is 0.652. The lowest BCUT2D eigenvalue weighted by Gasteiger charge is -2.25. The van der Waals surface area contributed by atoms with Crippen molar-refractivity contribution in [2.24, 2.45) is 5.92 Å². The normalized spacial score (nSPS) is 13.5. The summed E-state index contributed by atoms with van der Waals surface area (Å²) in [6.45, 7) is 8.90. The van der Waals surface area contributed by atoms with Gasteiger partial charge in [0, 0.05) is 18.6 Å². The fourth-order valence-electron chi connectivity index (χ4n) is 1.49. The molecule has 116 valence electrons. The number of aliphatic carboxylic acids is 1. The monoisotopic (exact) mass is 287 g/mol.